The number of fused-ring (bicyclic) bond motifs is 3. The highest BCUT2D eigenvalue weighted by atomic mass is 16.2. The molecule has 1 fully saturated rings. The second-order valence-corrected chi connectivity index (χ2v) is 6.94. The molecule has 4 rings (SSSR count). The maximum atomic E-state index is 12.4. The number of aromatic amines is 1. The van der Waals surface area contributed by atoms with Gasteiger partial charge in [0.15, 0.2) is 5.65 Å². The van der Waals surface area contributed by atoms with Crippen molar-refractivity contribution < 1.29 is 4.79 Å². The summed E-state index contributed by atoms with van der Waals surface area (Å²) in [6.07, 6.45) is 7.80. The number of hydrogen-bond donors (Lipinski definition) is 1. The number of piperidine rings is 1. The van der Waals surface area contributed by atoms with Crippen molar-refractivity contribution in [3.05, 3.63) is 36.3 Å². The normalized spacial score (nSPS) is 18.6. The van der Waals surface area contributed by atoms with E-state index in [0.717, 1.165) is 42.5 Å². The zero-order valence-electron chi connectivity index (χ0n) is 14.1. The second-order valence-electron chi connectivity index (χ2n) is 6.94. The van der Waals surface area contributed by atoms with Gasteiger partial charge in [-0.25, -0.2) is 9.97 Å². The number of carbonyl (C=O) groups excluding carboxylic acids is 1. The predicted molar refractivity (Wildman–Crippen MR) is 94.8 cm³/mol. The van der Waals surface area contributed by atoms with Gasteiger partial charge < -0.3 is 9.88 Å². The fraction of sp³-hybridized carbons (Fsp3) is 0.421. The lowest BCUT2D eigenvalue weighted by molar-refractivity contribution is -0.135. The number of H-pyrrole nitrogens is 1. The zero-order valence-corrected chi connectivity index (χ0v) is 14.1. The van der Waals surface area contributed by atoms with Crippen molar-refractivity contribution in [1.82, 2.24) is 19.9 Å². The Hall–Kier alpha value is -2.43. The van der Waals surface area contributed by atoms with E-state index in [-0.39, 0.29) is 11.8 Å². The summed E-state index contributed by atoms with van der Waals surface area (Å²) in [4.78, 5) is 26.5. The van der Waals surface area contributed by atoms with E-state index in [0.29, 0.717) is 5.92 Å². The Balaban J connectivity index is 1.78. The molecule has 5 nitrogen and oxygen atoms in total. The largest absolute Gasteiger partial charge is 0.360 e. The SMILES string of the molecule is CC(C)C(=O)N1CCCC(c2cc[nH]c3cnc4nccc4c23)C1. The molecule has 24 heavy (non-hydrogen) atoms. The van der Waals surface area contributed by atoms with E-state index >= 15 is 0 Å². The first-order valence-electron chi connectivity index (χ1n) is 8.64. The van der Waals surface area contributed by atoms with E-state index in [1.54, 1.807) is 0 Å². The Morgan fingerprint density at radius 3 is 3.04 bits per heavy atom. The Morgan fingerprint density at radius 1 is 1.33 bits per heavy atom. The number of amides is 1. The van der Waals surface area contributed by atoms with E-state index in [1.807, 2.05) is 43.4 Å². The van der Waals surface area contributed by atoms with Crippen molar-refractivity contribution in [2.24, 2.45) is 5.92 Å². The molecule has 124 valence electrons. The molecule has 1 atom stereocenters. The molecule has 4 heterocycles. The second kappa shape index (κ2) is 5.89. The molecule has 1 aliphatic rings. The lowest BCUT2D eigenvalue weighted by Gasteiger charge is -2.34. The first kappa shape index (κ1) is 15.1. The van der Waals surface area contributed by atoms with Crippen LogP contribution in [0, 0.1) is 5.92 Å². The van der Waals surface area contributed by atoms with Gasteiger partial charge in [0.25, 0.3) is 0 Å². The van der Waals surface area contributed by atoms with Gasteiger partial charge >= 0.3 is 0 Å². The van der Waals surface area contributed by atoms with Crippen LogP contribution in [0.2, 0.25) is 0 Å². The summed E-state index contributed by atoms with van der Waals surface area (Å²) in [6, 6.07) is 4.19. The van der Waals surface area contributed by atoms with Gasteiger partial charge in [0.2, 0.25) is 5.91 Å². The number of hydrogen-bond acceptors (Lipinski definition) is 3. The average Bonchev–Trinajstić information content (AvgIpc) is 3.09. The lowest BCUT2D eigenvalue weighted by Crippen LogP contribution is -2.41. The maximum Gasteiger partial charge on any atom is 0.225 e. The average molecular weight is 322 g/mol. The molecule has 3 aromatic heterocycles. The summed E-state index contributed by atoms with van der Waals surface area (Å²) in [5.74, 6) is 0.673. The summed E-state index contributed by atoms with van der Waals surface area (Å²) >= 11 is 0. The fourth-order valence-corrected chi connectivity index (χ4v) is 3.82. The van der Waals surface area contributed by atoms with Gasteiger partial charge in [-0.2, -0.15) is 0 Å². The Labute approximate surface area is 141 Å². The summed E-state index contributed by atoms with van der Waals surface area (Å²) in [5.41, 5.74) is 3.11. The minimum absolute atomic E-state index is 0.0554. The van der Waals surface area contributed by atoms with Gasteiger partial charge in [-0.15, -0.1) is 0 Å². The molecule has 0 aliphatic carbocycles. The Kier molecular flexibility index (Phi) is 3.71. The smallest absolute Gasteiger partial charge is 0.225 e. The first-order chi connectivity index (χ1) is 11.6. The van der Waals surface area contributed by atoms with Crippen LogP contribution in [0.25, 0.3) is 21.9 Å². The highest BCUT2D eigenvalue weighted by Crippen LogP contribution is 2.34. The van der Waals surface area contributed by atoms with Crippen molar-refractivity contribution >= 4 is 27.8 Å². The number of pyridine rings is 2. The number of rotatable bonds is 2. The van der Waals surface area contributed by atoms with E-state index in [9.17, 15) is 4.79 Å². The van der Waals surface area contributed by atoms with Gasteiger partial charge in [0.05, 0.1) is 11.7 Å². The zero-order chi connectivity index (χ0) is 16.7. The number of likely N-dealkylation sites (tertiary alicyclic amines) is 1. The number of nitrogens with zero attached hydrogens (tertiary/aromatic N) is 3. The van der Waals surface area contributed by atoms with Crippen LogP contribution >= 0.6 is 0 Å². The number of nitrogens with one attached hydrogen (secondary N) is 1. The maximum absolute atomic E-state index is 12.4. The topological polar surface area (TPSA) is 61.9 Å². The molecule has 0 spiro atoms. The van der Waals surface area contributed by atoms with Crippen LogP contribution in [0.5, 0.6) is 0 Å². The third-order valence-electron chi connectivity index (χ3n) is 4.99. The van der Waals surface area contributed by atoms with Gasteiger partial charge in [0, 0.05) is 48.1 Å². The standard InChI is InChI=1S/C19H22N4O/c1-12(2)19(24)23-9-3-4-13(11-23)14-5-7-20-16-10-22-18-15(17(14)16)6-8-21-18/h5-8,10,12-13,20H,3-4,9,11H2,1-2H3. The molecular weight excluding hydrogens is 300 g/mol. The van der Waals surface area contributed by atoms with Crippen LogP contribution in [-0.4, -0.2) is 38.8 Å². The Bertz CT molecular complexity index is 899. The first-order valence-corrected chi connectivity index (χ1v) is 8.64. The van der Waals surface area contributed by atoms with Crippen molar-refractivity contribution in [2.45, 2.75) is 32.6 Å². The minimum Gasteiger partial charge on any atom is -0.360 e. The molecule has 0 bridgehead atoms. The van der Waals surface area contributed by atoms with E-state index in [1.165, 1.54) is 10.9 Å². The summed E-state index contributed by atoms with van der Waals surface area (Å²) in [7, 11) is 0. The predicted octanol–water partition coefficient (Wildman–Crippen LogP) is 3.47. The van der Waals surface area contributed by atoms with E-state index in [2.05, 4.69) is 21.0 Å². The molecule has 0 saturated carbocycles. The molecule has 1 unspecified atom stereocenters. The minimum atomic E-state index is 0.0554. The van der Waals surface area contributed by atoms with Gasteiger partial charge in [-0.05, 0) is 30.5 Å². The van der Waals surface area contributed by atoms with Crippen LogP contribution in [0.15, 0.2) is 30.7 Å². The molecule has 3 aromatic rings. The van der Waals surface area contributed by atoms with E-state index < -0.39 is 0 Å². The fourth-order valence-electron chi connectivity index (χ4n) is 3.82. The quantitative estimate of drug-likeness (QED) is 0.786. The number of aromatic nitrogens is 3. The highest BCUT2D eigenvalue weighted by molar-refractivity contribution is 6.05. The molecule has 0 aromatic carbocycles. The van der Waals surface area contributed by atoms with E-state index in [4.69, 9.17) is 0 Å². The molecule has 1 aliphatic heterocycles. The Morgan fingerprint density at radius 2 is 2.21 bits per heavy atom. The summed E-state index contributed by atoms with van der Waals surface area (Å²) < 4.78 is 0. The molecule has 1 amide bonds. The summed E-state index contributed by atoms with van der Waals surface area (Å²) in [5, 5.41) is 2.29. The van der Waals surface area contributed by atoms with Crippen molar-refractivity contribution in [3.63, 3.8) is 0 Å². The monoisotopic (exact) mass is 322 g/mol. The molecule has 1 saturated heterocycles. The van der Waals surface area contributed by atoms with Gasteiger partial charge in [-0.1, -0.05) is 13.8 Å². The third-order valence-corrected chi connectivity index (χ3v) is 4.99. The lowest BCUT2D eigenvalue weighted by atomic mass is 9.87. The van der Waals surface area contributed by atoms with Crippen molar-refractivity contribution in [2.75, 3.05) is 13.1 Å². The molecule has 5 heteroatoms. The van der Waals surface area contributed by atoms with Crippen LogP contribution < -0.4 is 0 Å². The molecule has 0 radical (unpaired) electrons. The molecular formula is C19H22N4O. The van der Waals surface area contributed by atoms with Crippen molar-refractivity contribution in [3.8, 4) is 0 Å². The highest BCUT2D eigenvalue weighted by Gasteiger charge is 2.27. The number of carbonyl (C=O) groups is 1. The molecule has 1 N–H and O–H groups in total. The van der Waals surface area contributed by atoms with Crippen LogP contribution in [-0.2, 0) is 4.79 Å². The summed E-state index contributed by atoms with van der Waals surface area (Å²) in [6.45, 7) is 5.63. The van der Waals surface area contributed by atoms with Crippen molar-refractivity contribution in [1.29, 1.82) is 0 Å². The van der Waals surface area contributed by atoms with Crippen LogP contribution in [0.1, 0.15) is 38.2 Å². The van der Waals surface area contributed by atoms with Gasteiger partial charge in [0.1, 0.15) is 0 Å². The van der Waals surface area contributed by atoms with Crippen LogP contribution in [0.3, 0.4) is 0 Å². The third kappa shape index (κ3) is 2.44. The van der Waals surface area contributed by atoms with Gasteiger partial charge in [-0.3, -0.25) is 4.79 Å². The van der Waals surface area contributed by atoms with Crippen LogP contribution in [0.4, 0.5) is 0 Å².